The molecule has 9 nitrogen and oxygen atoms in total. The van der Waals surface area contributed by atoms with Gasteiger partial charge in [0.2, 0.25) is 5.16 Å². The highest BCUT2D eigenvalue weighted by Gasteiger charge is 2.13. The minimum Gasteiger partial charge on any atom is -0.497 e. The molecule has 0 spiro atoms. The van der Waals surface area contributed by atoms with E-state index >= 15 is 0 Å². The number of ether oxygens (including phenoxy) is 2. The van der Waals surface area contributed by atoms with Crippen molar-refractivity contribution in [3.8, 4) is 11.5 Å². The lowest BCUT2D eigenvalue weighted by Gasteiger charge is -2.04. The Morgan fingerprint density at radius 3 is 2.34 bits per heavy atom. The van der Waals surface area contributed by atoms with Crippen molar-refractivity contribution in [2.75, 3.05) is 31.2 Å². The molecule has 0 saturated carbocycles. The van der Waals surface area contributed by atoms with Gasteiger partial charge < -0.3 is 15.3 Å². The number of thioether (sulfide) groups is 1. The summed E-state index contributed by atoms with van der Waals surface area (Å²) in [5, 5.41) is 12.4. The Hall–Kier alpha value is -3.53. The molecule has 0 fully saturated rings. The Bertz CT molecular complexity index is 986. The first-order valence-corrected chi connectivity index (χ1v) is 9.53. The highest BCUT2D eigenvalue weighted by Crippen LogP contribution is 2.19. The number of nitrogen functional groups attached to an aromatic ring is 1. The van der Waals surface area contributed by atoms with Gasteiger partial charge in [0.05, 0.1) is 26.2 Å². The van der Waals surface area contributed by atoms with Gasteiger partial charge in [-0.2, -0.15) is 5.10 Å². The molecule has 0 aliphatic rings. The van der Waals surface area contributed by atoms with E-state index in [-0.39, 0.29) is 17.5 Å². The molecule has 3 rings (SSSR count). The molecule has 10 heteroatoms. The van der Waals surface area contributed by atoms with Gasteiger partial charge in [0.1, 0.15) is 11.5 Å². The fraction of sp³-hybridized carbons (Fsp3) is 0.158. The third kappa shape index (κ3) is 5.26. The van der Waals surface area contributed by atoms with E-state index in [1.54, 1.807) is 44.7 Å². The van der Waals surface area contributed by atoms with Crippen molar-refractivity contribution in [3.63, 3.8) is 0 Å². The van der Waals surface area contributed by atoms with Crippen molar-refractivity contribution in [2.45, 2.75) is 5.16 Å². The van der Waals surface area contributed by atoms with Crippen molar-refractivity contribution in [1.82, 2.24) is 14.9 Å². The van der Waals surface area contributed by atoms with Crippen LogP contribution >= 0.6 is 11.8 Å². The minimum absolute atomic E-state index is 0.0484. The molecule has 1 aromatic heterocycles. The lowest BCUT2D eigenvalue weighted by Crippen LogP contribution is -2.14. The van der Waals surface area contributed by atoms with E-state index in [0.29, 0.717) is 16.5 Å². The molecule has 0 aliphatic carbocycles. The normalized spacial score (nSPS) is 10.8. The first-order chi connectivity index (χ1) is 14.1. The number of nitrogens with one attached hydrogen (secondary N) is 1. The average Bonchev–Trinajstić information content (AvgIpc) is 3.12. The number of benzene rings is 2. The molecular formula is C19H20N6O3S. The third-order valence-electron chi connectivity index (χ3n) is 3.90. The SMILES string of the molecule is COc1ccc(/C=N/Nc2nnc(SCC(=O)c3ccc(OC)cc3)n2N)cc1. The number of carbonyl (C=O) groups is 1. The summed E-state index contributed by atoms with van der Waals surface area (Å²) in [6.45, 7) is 0. The third-order valence-corrected chi connectivity index (χ3v) is 4.85. The number of Topliss-reactive ketones (excluding diaryl/α,β-unsaturated/α-hetero) is 1. The van der Waals surface area contributed by atoms with Crippen LogP contribution in [0.5, 0.6) is 11.5 Å². The van der Waals surface area contributed by atoms with Crippen LogP contribution in [0.4, 0.5) is 5.95 Å². The number of rotatable bonds is 9. The van der Waals surface area contributed by atoms with E-state index in [1.807, 2.05) is 24.3 Å². The van der Waals surface area contributed by atoms with Crippen LogP contribution in [0.2, 0.25) is 0 Å². The molecule has 0 saturated heterocycles. The monoisotopic (exact) mass is 412 g/mol. The Morgan fingerprint density at radius 1 is 1.10 bits per heavy atom. The number of nitrogens with zero attached hydrogens (tertiary/aromatic N) is 4. The molecule has 2 aromatic carbocycles. The second kappa shape index (κ2) is 9.60. The second-order valence-electron chi connectivity index (χ2n) is 5.76. The zero-order valence-electron chi connectivity index (χ0n) is 15.9. The quantitative estimate of drug-likeness (QED) is 0.181. The van der Waals surface area contributed by atoms with Crippen LogP contribution in [0.15, 0.2) is 58.8 Å². The van der Waals surface area contributed by atoms with Crippen LogP contribution in [-0.4, -0.2) is 46.8 Å². The van der Waals surface area contributed by atoms with Gasteiger partial charge in [0, 0.05) is 5.56 Å². The molecule has 0 amide bonds. The van der Waals surface area contributed by atoms with Gasteiger partial charge in [-0.1, -0.05) is 11.8 Å². The maximum atomic E-state index is 12.3. The average molecular weight is 412 g/mol. The fourth-order valence-corrected chi connectivity index (χ4v) is 3.05. The highest BCUT2D eigenvalue weighted by molar-refractivity contribution is 7.99. The molecule has 0 unspecified atom stereocenters. The van der Waals surface area contributed by atoms with E-state index < -0.39 is 0 Å². The predicted octanol–water partition coefficient (Wildman–Crippen LogP) is 2.43. The summed E-state index contributed by atoms with van der Waals surface area (Å²) in [6, 6.07) is 14.3. The number of nitrogens with two attached hydrogens (primary N) is 1. The van der Waals surface area contributed by atoms with Crippen molar-refractivity contribution < 1.29 is 14.3 Å². The first-order valence-electron chi connectivity index (χ1n) is 8.54. The number of aromatic nitrogens is 3. The van der Waals surface area contributed by atoms with Crippen molar-refractivity contribution >= 4 is 29.7 Å². The van der Waals surface area contributed by atoms with E-state index in [9.17, 15) is 4.79 Å². The van der Waals surface area contributed by atoms with Gasteiger partial charge in [-0.3, -0.25) is 4.79 Å². The van der Waals surface area contributed by atoms with Crippen molar-refractivity contribution in [3.05, 3.63) is 59.7 Å². The summed E-state index contributed by atoms with van der Waals surface area (Å²) in [5.74, 6) is 7.82. The number of hydrogen-bond donors (Lipinski definition) is 2. The molecule has 0 atom stereocenters. The number of ketones is 1. The maximum Gasteiger partial charge on any atom is 0.264 e. The molecular weight excluding hydrogens is 392 g/mol. The minimum atomic E-state index is -0.0484. The number of hydrazone groups is 1. The lowest BCUT2D eigenvalue weighted by molar-refractivity contribution is 0.102. The Kier molecular flexibility index (Phi) is 6.69. The maximum absolute atomic E-state index is 12.3. The van der Waals surface area contributed by atoms with Crippen LogP contribution in [0, 0.1) is 0 Å². The van der Waals surface area contributed by atoms with E-state index in [4.69, 9.17) is 15.3 Å². The summed E-state index contributed by atoms with van der Waals surface area (Å²) in [5.41, 5.74) is 4.20. The lowest BCUT2D eigenvalue weighted by atomic mass is 10.1. The van der Waals surface area contributed by atoms with E-state index in [0.717, 1.165) is 11.3 Å². The summed E-state index contributed by atoms with van der Waals surface area (Å²) < 4.78 is 11.4. The Balaban J connectivity index is 1.55. The van der Waals surface area contributed by atoms with E-state index in [1.165, 1.54) is 16.4 Å². The number of methoxy groups -OCH3 is 2. The zero-order chi connectivity index (χ0) is 20.6. The van der Waals surface area contributed by atoms with Gasteiger partial charge in [0.25, 0.3) is 5.95 Å². The smallest absolute Gasteiger partial charge is 0.264 e. The molecule has 1 heterocycles. The zero-order valence-corrected chi connectivity index (χ0v) is 16.7. The predicted molar refractivity (Wildman–Crippen MR) is 112 cm³/mol. The standard InChI is InChI=1S/C19H20N6O3S/c1-27-15-7-3-13(4-8-15)11-21-22-18-23-24-19(25(18)20)29-12-17(26)14-5-9-16(28-2)10-6-14/h3-11H,12,20H2,1-2H3,(H,22,23)/b21-11+. The number of anilines is 1. The van der Waals surface area contributed by atoms with Gasteiger partial charge in [-0.05, 0) is 54.1 Å². The molecule has 0 aliphatic heterocycles. The topological polar surface area (TPSA) is 117 Å². The Morgan fingerprint density at radius 2 is 1.72 bits per heavy atom. The number of carbonyl (C=O) groups excluding carboxylic acids is 1. The van der Waals surface area contributed by atoms with Crippen LogP contribution in [0.1, 0.15) is 15.9 Å². The van der Waals surface area contributed by atoms with Gasteiger partial charge >= 0.3 is 0 Å². The molecule has 150 valence electrons. The van der Waals surface area contributed by atoms with E-state index in [2.05, 4.69) is 20.7 Å². The molecule has 29 heavy (non-hydrogen) atoms. The van der Waals surface area contributed by atoms with Gasteiger partial charge in [0.15, 0.2) is 5.78 Å². The van der Waals surface area contributed by atoms with Crippen molar-refractivity contribution in [1.29, 1.82) is 0 Å². The van der Waals surface area contributed by atoms with Crippen LogP contribution in [-0.2, 0) is 0 Å². The molecule has 0 radical (unpaired) electrons. The van der Waals surface area contributed by atoms with Crippen LogP contribution < -0.4 is 20.7 Å². The fourth-order valence-electron chi connectivity index (χ4n) is 2.30. The molecule has 0 bridgehead atoms. The summed E-state index contributed by atoms with van der Waals surface area (Å²) in [7, 11) is 3.19. The first kappa shape index (κ1) is 20.2. The highest BCUT2D eigenvalue weighted by atomic mass is 32.2. The Labute approximate surface area is 171 Å². The second-order valence-corrected chi connectivity index (χ2v) is 6.70. The van der Waals surface area contributed by atoms with Crippen molar-refractivity contribution in [2.24, 2.45) is 5.10 Å². The largest absolute Gasteiger partial charge is 0.497 e. The summed E-state index contributed by atoms with van der Waals surface area (Å²) in [6.07, 6.45) is 1.62. The summed E-state index contributed by atoms with van der Waals surface area (Å²) >= 11 is 1.19. The van der Waals surface area contributed by atoms with Gasteiger partial charge in [-0.15, -0.1) is 10.2 Å². The molecule has 3 N–H and O–H groups in total. The number of hydrogen-bond acceptors (Lipinski definition) is 9. The van der Waals surface area contributed by atoms with Crippen LogP contribution in [0.3, 0.4) is 0 Å². The molecule has 3 aromatic rings. The van der Waals surface area contributed by atoms with Crippen LogP contribution in [0.25, 0.3) is 0 Å². The van der Waals surface area contributed by atoms with Gasteiger partial charge in [-0.25, -0.2) is 10.1 Å². The summed E-state index contributed by atoms with van der Waals surface area (Å²) in [4.78, 5) is 12.3.